The Kier molecular flexibility index (Phi) is 6.52. The summed E-state index contributed by atoms with van der Waals surface area (Å²) in [6.07, 6.45) is 3.94. The maximum absolute atomic E-state index is 10.9. The summed E-state index contributed by atoms with van der Waals surface area (Å²) in [4.78, 5) is 13.3. The van der Waals surface area contributed by atoms with Gasteiger partial charge in [0, 0.05) is 12.5 Å². The van der Waals surface area contributed by atoms with Gasteiger partial charge < -0.3 is 15.0 Å². The molecule has 17 heavy (non-hydrogen) atoms. The van der Waals surface area contributed by atoms with Crippen LogP contribution < -0.4 is 5.32 Å². The molecule has 1 aliphatic heterocycles. The molecular weight excluding hydrogens is 216 g/mol. The highest BCUT2D eigenvalue weighted by atomic mass is 16.5. The summed E-state index contributed by atoms with van der Waals surface area (Å²) in [5.74, 6) is 0.670. The highest BCUT2D eigenvalue weighted by Gasteiger charge is 2.21. The van der Waals surface area contributed by atoms with Crippen LogP contribution >= 0.6 is 0 Å². The number of carbonyl (C=O) groups excluding carboxylic acids is 1. The van der Waals surface area contributed by atoms with E-state index in [4.69, 9.17) is 0 Å². The first-order valence-electron chi connectivity index (χ1n) is 6.62. The van der Waals surface area contributed by atoms with Gasteiger partial charge in [-0.2, -0.15) is 0 Å². The Hall–Kier alpha value is -0.610. The lowest BCUT2D eigenvalue weighted by Gasteiger charge is -2.33. The summed E-state index contributed by atoms with van der Waals surface area (Å²) >= 11 is 0. The average Bonchev–Trinajstić information content (AvgIpc) is 2.34. The molecule has 1 heterocycles. The van der Waals surface area contributed by atoms with E-state index in [2.05, 4.69) is 28.9 Å². The van der Waals surface area contributed by atoms with Gasteiger partial charge in [0.1, 0.15) is 0 Å². The molecule has 0 saturated carbocycles. The first-order valence-corrected chi connectivity index (χ1v) is 6.62. The minimum Gasteiger partial charge on any atom is -0.469 e. The zero-order chi connectivity index (χ0) is 12.7. The first-order chi connectivity index (χ1) is 8.13. The van der Waals surface area contributed by atoms with Gasteiger partial charge in [-0.05, 0) is 58.8 Å². The number of nitrogens with one attached hydrogen (secondary N) is 1. The Labute approximate surface area is 105 Å². The molecule has 0 radical (unpaired) electrons. The number of esters is 1. The molecule has 0 aromatic heterocycles. The van der Waals surface area contributed by atoms with Crippen molar-refractivity contribution in [2.24, 2.45) is 5.92 Å². The van der Waals surface area contributed by atoms with Crippen molar-refractivity contribution >= 4 is 5.97 Å². The molecule has 1 N–H and O–H groups in total. The zero-order valence-corrected chi connectivity index (χ0v) is 11.4. The molecule has 1 saturated heterocycles. The van der Waals surface area contributed by atoms with E-state index in [1.807, 2.05) is 0 Å². The standard InChI is InChI=1S/C13H26N2O2/c1-11(12-6-9-15(2)10-7-12)14-8-4-5-13(16)17-3/h11-12,14H,4-10H2,1-3H3. The highest BCUT2D eigenvalue weighted by molar-refractivity contribution is 5.69. The van der Waals surface area contributed by atoms with Gasteiger partial charge in [0.25, 0.3) is 0 Å². The summed E-state index contributed by atoms with van der Waals surface area (Å²) in [6.45, 7) is 5.58. The molecule has 1 unspecified atom stereocenters. The molecule has 1 atom stereocenters. The van der Waals surface area contributed by atoms with Gasteiger partial charge in [-0.15, -0.1) is 0 Å². The summed E-state index contributed by atoms with van der Waals surface area (Å²) in [7, 11) is 3.63. The summed E-state index contributed by atoms with van der Waals surface area (Å²) in [5, 5.41) is 3.52. The van der Waals surface area contributed by atoms with Crippen molar-refractivity contribution in [3.8, 4) is 0 Å². The van der Waals surface area contributed by atoms with Gasteiger partial charge in [-0.25, -0.2) is 0 Å². The van der Waals surface area contributed by atoms with Gasteiger partial charge >= 0.3 is 5.97 Å². The van der Waals surface area contributed by atoms with E-state index in [-0.39, 0.29) is 5.97 Å². The van der Waals surface area contributed by atoms with Gasteiger partial charge in [0.2, 0.25) is 0 Å². The topological polar surface area (TPSA) is 41.6 Å². The van der Waals surface area contributed by atoms with E-state index >= 15 is 0 Å². The molecule has 1 aliphatic rings. The van der Waals surface area contributed by atoms with Crippen molar-refractivity contribution < 1.29 is 9.53 Å². The summed E-state index contributed by atoms with van der Waals surface area (Å²) in [6, 6.07) is 0.557. The fourth-order valence-corrected chi connectivity index (χ4v) is 2.36. The Balaban J connectivity index is 2.08. The van der Waals surface area contributed by atoms with Gasteiger partial charge in [-0.3, -0.25) is 4.79 Å². The van der Waals surface area contributed by atoms with E-state index in [1.54, 1.807) is 0 Å². The second-order valence-electron chi connectivity index (χ2n) is 5.06. The van der Waals surface area contributed by atoms with Crippen molar-refractivity contribution in [3.63, 3.8) is 0 Å². The molecule has 1 fully saturated rings. The van der Waals surface area contributed by atoms with Crippen LogP contribution in [0.25, 0.3) is 0 Å². The Bertz CT molecular complexity index is 225. The van der Waals surface area contributed by atoms with Crippen molar-refractivity contribution in [2.45, 2.75) is 38.6 Å². The highest BCUT2D eigenvalue weighted by Crippen LogP contribution is 2.19. The maximum Gasteiger partial charge on any atom is 0.305 e. The van der Waals surface area contributed by atoms with Crippen LogP contribution in [0.4, 0.5) is 0 Å². The van der Waals surface area contributed by atoms with Crippen LogP contribution in [-0.2, 0) is 9.53 Å². The largest absolute Gasteiger partial charge is 0.469 e. The van der Waals surface area contributed by atoms with Crippen LogP contribution in [0.2, 0.25) is 0 Å². The number of rotatable bonds is 6. The van der Waals surface area contributed by atoms with Crippen LogP contribution in [0.3, 0.4) is 0 Å². The fourth-order valence-electron chi connectivity index (χ4n) is 2.36. The number of hydrogen-bond acceptors (Lipinski definition) is 4. The van der Waals surface area contributed by atoms with Crippen LogP contribution in [0.1, 0.15) is 32.6 Å². The van der Waals surface area contributed by atoms with E-state index in [0.717, 1.165) is 18.9 Å². The molecule has 100 valence electrons. The molecule has 0 amide bonds. The lowest BCUT2D eigenvalue weighted by atomic mass is 9.90. The normalized spacial score (nSPS) is 20.2. The quantitative estimate of drug-likeness (QED) is 0.562. The summed E-state index contributed by atoms with van der Waals surface area (Å²) in [5.41, 5.74) is 0. The van der Waals surface area contributed by atoms with Crippen molar-refractivity contribution in [3.05, 3.63) is 0 Å². The molecule has 0 aromatic carbocycles. The lowest BCUT2D eigenvalue weighted by molar-refractivity contribution is -0.140. The van der Waals surface area contributed by atoms with Crippen LogP contribution in [0.5, 0.6) is 0 Å². The molecule has 0 aromatic rings. The number of hydrogen-bond donors (Lipinski definition) is 1. The monoisotopic (exact) mass is 242 g/mol. The van der Waals surface area contributed by atoms with Crippen molar-refractivity contribution in [1.82, 2.24) is 10.2 Å². The van der Waals surface area contributed by atoms with Gasteiger partial charge in [-0.1, -0.05) is 0 Å². The molecule has 0 bridgehead atoms. The second kappa shape index (κ2) is 7.67. The van der Waals surface area contributed by atoms with Crippen LogP contribution in [0, 0.1) is 5.92 Å². The number of piperidine rings is 1. The van der Waals surface area contributed by atoms with Gasteiger partial charge in [0.15, 0.2) is 0 Å². The van der Waals surface area contributed by atoms with E-state index in [1.165, 1.54) is 33.0 Å². The predicted molar refractivity (Wildman–Crippen MR) is 68.9 cm³/mol. The predicted octanol–water partition coefficient (Wildman–Crippen LogP) is 1.26. The number of carbonyl (C=O) groups is 1. The second-order valence-corrected chi connectivity index (χ2v) is 5.06. The molecule has 0 spiro atoms. The zero-order valence-electron chi connectivity index (χ0n) is 11.4. The Morgan fingerprint density at radius 1 is 1.47 bits per heavy atom. The van der Waals surface area contributed by atoms with Crippen molar-refractivity contribution in [2.75, 3.05) is 33.8 Å². The molecule has 4 nitrogen and oxygen atoms in total. The fraction of sp³-hybridized carbons (Fsp3) is 0.923. The average molecular weight is 242 g/mol. The number of methoxy groups -OCH3 is 1. The first kappa shape index (κ1) is 14.5. The van der Waals surface area contributed by atoms with Crippen LogP contribution in [-0.4, -0.2) is 50.7 Å². The third-order valence-corrected chi connectivity index (χ3v) is 3.72. The SMILES string of the molecule is COC(=O)CCCNC(C)C1CCN(C)CC1. The molecule has 4 heteroatoms. The Morgan fingerprint density at radius 2 is 2.12 bits per heavy atom. The van der Waals surface area contributed by atoms with E-state index in [9.17, 15) is 4.79 Å². The number of nitrogens with zero attached hydrogens (tertiary/aromatic N) is 1. The Morgan fingerprint density at radius 3 is 2.71 bits per heavy atom. The molecular formula is C13H26N2O2. The lowest BCUT2D eigenvalue weighted by Crippen LogP contribution is -2.41. The summed E-state index contributed by atoms with van der Waals surface area (Å²) < 4.78 is 4.61. The molecule has 0 aliphatic carbocycles. The smallest absolute Gasteiger partial charge is 0.305 e. The third-order valence-electron chi connectivity index (χ3n) is 3.72. The minimum atomic E-state index is -0.112. The number of likely N-dealkylation sites (tertiary alicyclic amines) is 1. The van der Waals surface area contributed by atoms with E-state index < -0.39 is 0 Å². The van der Waals surface area contributed by atoms with Crippen molar-refractivity contribution in [1.29, 1.82) is 0 Å². The minimum absolute atomic E-state index is 0.112. The van der Waals surface area contributed by atoms with Crippen LogP contribution in [0.15, 0.2) is 0 Å². The maximum atomic E-state index is 10.9. The van der Waals surface area contributed by atoms with E-state index in [0.29, 0.717) is 12.5 Å². The van der Waals surface area contributed by atoms with Gasteiger partial charge in [0.05, 0.1) is 7.11 Å². The third kappa shape index (κ3) is 5.50. The number of ether oxygens (including phenoxy) is 1. The molecule has 1 rings (SSSR count).